The Hall–Kier alpha value is -3.24. The number of nitrogens with zero attached hydrogens (tertiary/aromatic N) is 2. The molecule has 1 fully saturated rings. The average molecular weight is 499 g/mol. The van der Waals surface area contributed by atoms with E-state index in [2.05, 4.69) is 10.6 Å². The highest BCUT2D eigenvalue weighted by Gasteiger charge is 2.33. The number of anilines is 3. The van der Waals surface area contributed by atoms with Gasteiger partial charge in [-0.1, -0.05) is 6.42 Å². The molecule has 2 aromatic carbocycles. The standard InChI is InChI=1S/C25H30N4O5S/c1-17-5-3-4-14-29(17)35(33,34)22-11-12-23-19(15-22)6-13-25(32)28(23)16-24(31)27-21-9-7-20(8-10-21)26-18(2)30/h7-12,15,17H,3-6,13-14,16H2,1-2H3,(H,26,30)(H,27,31)/t17-/m0/s1. The monoisotopic (exact) mass is 498 g/mol. The van der Waals surface area contributed by atoms with Crippen molar-refractivity contribution < 1.29 is 22.8 Å². The smallest absolute Gasteiger partial charge is 0.244 e. The highest BCUT2D eigenvalue weighted by Crippen LogP contribution is 2.32. The molecule has 9 nitrogen and oxygen atoms in total. The maximum Gasteiger partial charge on any atom is 0.244 e. The van der Waals surface area contributed by atoms with Crippen molar-refractivity contribution in [2.75, 3.05) is 28.6 Å². The van der Waals surface area contributed by atoms with Gasteiger partial charge in [-0.2, -0.15) is 4.31 Å². The summed E-state index contributed by atoms with van der Waals surface area (Å²) in [6.07, 6.45) is 3.35. The van der Waals surface area contributed by atoms with E-state index in [9.17, 15) is 22.8 Å². The third-order valence-corrected chi connectivity index (χ3v) is 8.40. The number of amides is 3. The van der Waals surface area contributed by atoms with Crippen molar-refractivity contribution >= 4 is 44.8 Å². The van der Waals surface area contributed by atoms with Crippen molar-refractivity contribution in [2.45, 2.75) is 56.9 Å². The number of hydrogen-bond donors (Lipinski definition) is 2. The molecule has 35 heavy (non-hydrogen) atoms. The van der Waals surface area contributed by atoms with Gasteiger partial charge in [0.2, 0.25) is 27.7 Å². The minimum atomic E-state index is -3.63. The second-order valence-electron chi connectivity index (χ2n) is 9.04. The number of rotatable bonds is 6. The molecule has 1 saturated heterocycles. The molecule has 2 heterocycles. The molecule has 2 aromatic rings. The van der Waals surface area contributed by atoms with Crippen LogP contribution in [-0.2, 0) is 30.8 Å². The van der Waals surface area contributed by atoms with Crippen LogP contribution < -0.4 is 15.5 Å². The fourth-order valence-electron chi connectivity index (χ4n) is 4.62. The van der Waals surface area contributed by atoms with Crippen LogP contribution in [0.2, 0.25) is 0 Å². The van der Waals surface area contributed by atoms with E-state index in [4.69, 9.17) is 0 Å². The van der Waals surface area contributed by atoms with Crippen LogP contribution in [-0.4, -0.2) is 49.6 Å². The van der Waals surface area contributed by atoms with Crippen molar-refractivity contribution in [3.63, 3.8) is 0 Å². The lowest BCUT2D eigenvalue weighted by Gasteiger charge is -2.33. The molecule has 0 aliphatic carbocycles. The summed E-state index contributed by atoms with van der Waals surface area (Å²) >= 11 is 0. The van der Waals surface area contributed by atoms with Gasteiger partial charge in [0.15, 0.2) is 0 Å². The van der Waals surface area contributed by atoms with Crippen molar-refractivity contribution in [3.8, 4) is 0 Å². The molecule has 3 amide bonds. The fraction of sp³-hybridized carbons (Fsp3) is 0.400. The lowest BCUT2D eigenvalue weighted by atomic mass is 10.0. The highest BCUT2D eigenvalue weighted by molar-refractivity contribution is 7.89. The largest absolute Gasteiger partial charge is 0.326 e. The Balaban J connectivity index is 1.49. The molecular weight excluding hydrogens is 468 g/mol. The molecule has 1 atom stereocenters. The molecule has 2 N–H and O–H groups in total. The summed E-state index contributed by atoms with van der Waals surface area (Å²) in [6.45, 7) is 3.67. The summed E-state index contributed by atoms with van der Waals surface area (Å²) in [5.74, 6) is -0.753. The van der Waals surface area contributed by atoms with E-state index in [0.29, 0.717) is 30.0 Å². The minimum Gasteiger partial charge on any atom is -0.326 e. The Morgan fingerprint density at radius 2 is 1.69 bits per heavy atom. The second kappa shape index (κ2) is 10.2. The topological polar surface area (TPSA) is 116 Å². The Morgan fingerprint density at radius 1 is 1.00 bits per heavy atom. The zero-order valence-corrected chi connectivity index (χ0v) is 20.7. The molecule has 0 unspecified atom stereocenters. The van der Waals surface area contributed by atoms with Crippen LogP contribution in [0.15, 0.2) is 47.4 Å². The first kappa shape index (κ1) is 24.9. The van der Waals surface area contributed by atoms with E-state index in [1.165, 1.54) is 17.9 Å². The lowest BCUT2D eigenvalue weighted by Crippen LogP contribution is -2.42. The maximum absolute atomic E-state index is 13.3. The third-order valence-electron chi connectivity index (χ3n) is 6.39. The van der Waals surface area contributed by atoms with E-state index in [1.807, 2.05) is 6.92 Å². The summed E-state index contributed by atoms with van der Waals surface area (Å²) in [4.78, 5) is 38.1. The molecule has 4 rings (SSSR count). The molecule has 0 aromatic heterocycles. The number of carbonyl (C=O) groups excluding carboxylic acids is 3. The average Bonchev–Trinajstić information content (AvgIpc) is 2.81. The first-order valence-corrected chi connectivity index (χ1v) is 13.2. The summed E-state index contributed by atoms with van der Waals surface area (Å²) in [5.41, 5.74) is 2.44. The number of fused-ring (bicyclic) bond motifs is 1. The second-order valence-corrected chi connectivity index (χ2v) is 10.9. The Morgan fingerprint density at radius 3 is 2.34 bits per heavy atom. The number of sulfonamides is 1. The van der Waals surface area contributed by atoms with Gasteiger partial charge >= 0.3 is 0 Å². The van der Waals surface area contributed by atoms with E-state index in [-0.39, 0.29) is 41.6 Å². The summed E-state index contributed by atoms with van der Waals surface area (Å²) < 4.78 is 28.1. The SMILES string of the molecule is CC(=O)Nc1ccc(NC(=O)CN2C(=O)CCc3cc(S(=O)(=O)N4CCCC[C@@H]4C)ccc32)cc1. The molecule has 0 bridgehead atoms. The summed E-state index contributed by atoms with van der Waals surface area (Å²) in [7, 11) is -3.63. The van der Waals surface area contributed by atoms with Crippen LogP contribution in [0, 0.1) is 0 Å². The maximum atomic E-state index is 13.3. The Bertz CT molecular complexity index is 1240. The molecule has 10 heteroatoms. The van der Waals surface area contributed by atoms with Gasteiger partial charge in [0.05, 0.1) is 4.90 Å². The molecule has 0 radical (unpaired) electrons. The van der Waals surface area contributed by atoms with Crippen LogP contribution >= 0.6 is 0 Å². The van der Waals surface area contributed by atoms with E-state index < -0.39 is 10.0 Å². The van der Waals surface area contributed by atoms with E-state index >= 15 is 0 Å². The van der Waals surface area contributed by atoms with E-state index in [0.717, 1.165) is 24.8 Å². The van der Waals surface area contributed by atoms with Crippen LogP contribution in [0.3, 0.4) is 0 Å². The van der Waals surface area contributed by atoms with Gasteiger partial charge in [-0.3, -0.25) is 14.4 Å². The van der Waals surface area contributed by atoms with Gasteiger partial charge in [-0.25, -0.2) is 8.42 Å². The van der Waals surface area contributed by atoms with Crippen LogP contribution in [0.1, 0.15) is 45.1 Å². The van der Waals surface area contributed by atoms with Crippen LogP contribution in [0.4, 0.5) is 17.1 Å². The zero-order valence-electron chi connectivity index (χ0n) is 19.9. The Labute approximate surface area is 205 Å². The number of carbonyl (C=O) groups is 3. The van der Waals surface area contributed by atoms with Crippen molar-refractivity contribution in [2.24, 2.45) is 0 Å². The number of hydrogen-bond acceptors (Lipinski definition) is 5. The number of nitrogens with one attached hydrogen (secondary N) is 2. The first-order chi connectivity index (χ1) is 16.6. The van der Waals surface area contributed by atoms with Gasteiger partial charge < -0.3 is 15.5 Å². The minimum absolute atomic E-state index is 0.0427. The Kier molecular flexibility index (Phi) is 7.23. The first-order valence-electron chi connectivity index (χ1n) is 11.8. The molecule has 0 spiro atoms. The van der Waals surface area contributed by atoms with Crippen molar-refractivity contribution in [1.82, 2.24) is 4.31 Å². The van der Waals surface area contributed by atoms with Gasteiger partial charge in [0, 0.05) is 43.0 Å². The van der Waals surface area contributed by atoms with Gasteiger partial charge in [0.25, 0.3) is 0 Å². The predicted molar refractivity (Wildman–Crippen MR) is 134 cm³/mol. The lowest BCUT2D eigenvalue weighted by molar-refractivity contribution is -0.121. The highest BCUT2D eigenvalue weighted by atomic mass is 32.2. The molecule has 0 saturated carbocycles. The van der Waals surface area contributed by atoms with Crippen LogP contribution in [0.5, 0.6) is 0 Å². The normalized spacial score (nSPS) is 18.6. The number of piperidine rings is 1. The van der Waals surface area contributed by atoms with Crippen molar-refractivity contribution in [3.05, 3.63) is 48.0 Å². The van der Waals surface area contributed by atoms with Crippen molar-refractivity contribution in [1.29, 1.82) is 0 Å². The molecule has 2 aliphatic heterocycles. The summed E-state index contributed by atoms with van der Waals surface area (Å²) in [6, 6.07) is 11.4. The number of benzene rings is 2. The van der Waals surface area contributed by atoms with E-state index in [1.54, 1.807) is 40.7 Å². The third kappa shape index (κ3) is 5.54. The van der Waals surface area contributed by atoms with Gasteiger partial charge in [0.1, 0.15) is 6.54 Å². The molecule has 2 aliphatic rings. The summed E-state index contributed by atoms with van der Waals surface area (Å²) in [5, 5.41) is 5.41. The predicted octanol–water partition coefficient (Wildman–Crippen LogP) is 3.13. The quantitative estimate of drug-likeness (QED) is 0.635. The van der Waals surface area contributed by atoms with Gasteiger partial charge in [-0.15, -0.1) is 0 Å². The molecule has 186 valence electrons. The van der Waals surface area contributed by atoms with Gasteiger partial charge in [-0.05, 0) is 74.2 Å². The fourth-order valence-corrected chi connectivity index (χ4v) is 6.37. The zero-order chi connectivity index (χ0) is 25.2. The molecular formula is C25H30N4O5S. The van der Waals surface area contributed by atoms with Crippen LogP contribution in [0.25, 0.3) is 0 Å². The number of aryl methyl sites for hydroxylation is 1.